The normalized spacial score (nSPS) is 26.2. The monoisotopic (exact) mass is 238 g/mol. The van der Waals surface area contributed by atoms with Crippen molar-refractivity contribution in [2.45, 2.75) is 25.7 Å². The Morgan fingerprint density at radius 3 is 2.41 bits per heavy atom. The topological polar surface area (TPSA) is 69.6 Å². The molecule has 0 radical (unpaired) electrons. The van der Waals surface area contributed by atoms with E-state index in [-0.39, 0.29) is 11.9 Å². The fraction of sp³-hybridized carbons (Fsp3) is 0.833. The zero-order chi connectivity index (χ0) is 12.0. The first-order valence-electron chi connectivity index (χ1n) is 6.36. The van der Waals surface area contributed by atoms with Crippen molar-refractivity contribution in [3.8, 4) is 0 Å². The molecular weight excluding hydrogens is 220 g/mol. The van der Waals surface area contributed by atoms with Gasteiger partial charge in [-0.2, -0.15) is 0 Å². The third-order valence-electron chi connectivity index (χ3n) is 4.45. The maximum atomic E-state index is 11.7. The van der Waals surface area contributed by atoms with Gasteiger partial charge in [-0.3, -0.25) is 4.79 Å². The van der Waals surface area contributed by atoms with Gasteiger partial charge in [0.2, 0.25) is 0 Å². The molecule has 2 amide bonds. The van der Waals surface area contributed by atoms with Gasteiger partial charge >= 0.3 is 12.0 Å². The van der Waals surface area contributed by atoms with E-state index in [9.17, 15) is 9.59 Å². The van der Waals surface area contributed by atoms with Gasteiger partial charge in [0.1, 0.15) is 0 Å². The molecule has 1 heterocycles. The number of carboxylic acid groups (broad SMARTS) is 1. The lowest BCUT2D eigenvalue weighted by Crippen LogP contribution is -2.56. The summed E-state index contributed by atoms with van der Waals surface area (Å²) in [7, 11) is 0. The molecule has 1 saturated heterocycles. The molecule has 0 aromatic rings. The summed E-state index contributed by atoms with van der Waals surface area (Å²) in [6, 6.07) is -0.0885. The molecule has 0 atom stereocenters. The molecule has 3 rings (SSSR count). The average Bonchev–Trinajstić information content (AvgIpc) is 3.05. The fourth-order valence-corrected chi connectivity index (χ4v) is 2.75. The lowest BCUT2D eigenvalue weighted by atomic mass is 10.00. The highest BCUT2D eigenvalue weighted by Gasteiger charge is 2.53. The third-order valence-corrected chi connectivity index (χ3v) is 4.45. The second kappa shape index (κ2) is 3.62. The highest BCUT2D eigenvalue weighted by Crippen LogP contribution is 2.60. The average molecular weight is 238 g/mol. The molecular formula is C12H18N2O3. The van der Waals surface area contributed by atoms with Crippen molar-refractivity contribution in [2.75, 3.05) is 19.6 Å². The van der Waals surface area contributed by atoms with Gasteiger partial charge in [-0.25, -0.2) is 4.79 Å². The minimum absolute atomic E-state index is 0.0885. The Kier molecular flexibility index (Phi) is 2.31. The van der Waals surface area contributed by atoms with Crippen LogP contribution in [0.3, 0.4) is 0 Å². The number of aliphatic carboxylic acids is 1. The van der Waals surface area contributed by atoms with Crippen LogP contribution in [0.4, 0.5) is 4.79 Å². The van der Waals surface area contributed by atoms with Crippen molar-refractivity contribution in [3.63, 3.8) is 0 Å². The molecule has 5 heteroatoms. The number of urea groups is 1. The first kappa shape index (κ1) is 10.9. The molecule has 3 aliphatic rings. The van der Waals surface area contributed by atoms with E-state index in [4.69, 9.17) is 5.11 Å². The number of amides is 2. The van der Waals surface area contributed by atoms with Crippen molar-refractivity contribution in [1.82, 2.24) is 10.2 Å². The summed E-state index contributed by atoms with van der Waals surface area (Å²) in [5.41, 5.74) is 0.409. The van der Waals surface area contributed by atoms with Crippen LogP contribution in [-0.4, -0.2) is 41.6 Å². The molecule has 5 nitrogen and oxygen atoms in total. The zero-order valence-electron chi connectivity index (χ0n) is 9.82. The number of hydrogen-bond donors (Lipinski definition) is 2. The number of rotatable bonds is 4. The molecule has 0 aromatic carbocycles. The summed E-state index contributed by atoms with van der Waals surface area (Å²) < 4.78 is 0. The first-order valence-corrected chi connectivity index (χ1v) is 6.36. The van der Waals surface area contributed by atoms with Gasteiger partial charge in [0.25, 0.3) is 0 Å². The number of nitrogens with zero attached hydrogens (tertiary/aromatic N) is 1. The Morgan fingerprint density at radius 1 is 1.29 bits per heavy atom. The molecule has 2 N–H and O–H groups in total. The number of hydrogen-bond acceptors (Lipinski definition) is 2. The number of nitrogens with one attached hydrogen (secondary N) is 1. The SMILES string of the molecule is O=C(O)C1CN(C(=O)NCC2(C3CC3)CC2)C1. The molecule has 0 aromatic heterocycles. The molecule has 0 bridgehead atoms. The summed E-state index contributed by atoms with van der Waals surface area (Å²) in [5, 5.41) is 11.7. The van der Waals surface area contributed by atoms with Gasteiger partial charge < -0.3 is 15.3 Å². The smallest absolute Gasteiger partial charge is 0.317 e. The highest BCUT2D eigenvalue weighted by molar-refractivity contribution is 5.79. The van der Waals surface area contributed by atoms with Crippen LogP contribution >= 0.6 is 0 Å². The third kappa shape index (κ3) is 1.98. The van der Waals surface area contributed by atoms with E-state index in [1.807, 2.05) is 0 Å². The molecule has 2 aliphatic carbocycles. The molecule has 2 saturated carbocycles. The fourth-order valence-electron chi connectivity index (χ4n) is 2.75. The van der Waals surface area contributed by atoms with Crippen molar-refractivity contribution >= 4 is 12.0 Å². The summed E-state index contributed by atoms with van der Waals surface area (Å²) in [5.74, 6) is -0.323. The zero-order valence-corrected chi connectivity index (χ0v) is 9.82. The lowest BCUT2D eigenvalue weighted by molar-refractivity contribution is -0.146. The second-order valence-electron chi connectivity index (χ2n) is 5.74. The minimum Gasteiger partial charge on any atom is -0.481 e. The van der Waals surface area contributed by atoms with E-state index < -0.39 is 5.97 Å². The molecule has 94 valence electrons. The van der Waals surface area contributed by atoms with Crippen LogP contribution in [0.2, 0.25) is 0 Å². The lowest BCUT2D eigenvalue weighted by Gasteiger charge is -2.36. The van der Waals surface area contributed by atoms with Crippen LogP contribution < -0.4 is 5.32 Å². The highest BCUT2D eigenvalue weighted by atomic mass is 16.4. The largest absolute Gasteiger partial charge is 0.481 e. The van der Waals surface area contributed by atoms with Gasteiger partial charge in [-0.15, -0.1) is 0 Å². The van der Waals surface area contributed by atoms with E-state index in [0.717, 1.165) is 12.5 Å². The Bertz CT molecular complexity index is 355. The minimum atomic E-state index is -0.800. The van der Waals surface area contributed by atoms with Crippen LogP contribution in [0.1, 0.15) is 25.7 Å². The predicted molar refractivity (Wildman–Crippen MR) is 60.5 cm³/mol. The van der Waals surface area contributed by atoms with Gasteiger partial charge in [0.05, 0.1) is 5.92 Å². The quantitative estimate of drug-likeness (QED) is 0.764. The van der Waals surface area contributed by atoms with Crippen molar-refractivity contribution in [3.05, 3.63) is 0 Å². The number of carbonyl (C=O) groups excluding carboxylic acids is 1. The van der Waals surface area contributed by atoms with E-state index in [1.165, 1.54) is 25.7 Å². The van der Waals surface area contributed by atoms with E-state index in [1.54, 1.807) is 4.90 Å². The Labute approximate surface area is 100 Å². The molecule has 3 fully saturated rings. The van der Waals surface area contributed by atoms with E-state index in [2.05, 4.69) is 5.32 Å². The molecule has 0 spiro atoms. The predicted octanol–water partition coefficient (Wildman–Crippen LogP) is 0.903. The van der Waals surface area contributed by atoms with Gasteiger partial charge in [-0.05, 0) is 37.0 Å². The molecule has 17 heavy (non-hydrogen) atoms. The Hall–Kier alpha value is -1.26. The Morgan fingerprint density at radius 2 is 1.94 bits per heavy atom. The van der Waals surface area contributed by atoms with Crippen LogP contribution in [-0.2, 0) is 4.79 Å². The van der Waals surface area contributed by atoms with Crippen LogP contribution in [0.25, 0.3) is 0 Å². The van der Waals surface area contributed by atoms with Gasteiger partial charge in [0, 0.05) is 19.6 Å². The summed E-state index contributed by atoms with van der Waals surface area (Å²) in [6.45, 7) is 1.50. The van der Waals surface area contributed by atoms with Crippen LogP contribution in [0, 0.1) is 17.3 Å². The van der Waals surface area contributed by atoms with E-state index in [0.29, 0.717) is 18.5 Å². The summed E-state index contributed by atoms with van der Waals surface area (Å²) in [6.07, 6.45) is 5.13. The van der Waals surface area contributed by atoms with E-state index >= 15 is 0 Å². The standard InChI is InChI=1S/C12H18N2O3/c15-10(16)8-5-14(6-8)11(17)13-7-12(3-4-12)9-1-2-9/h8-9H,1-7H2,(H,13,17)(H,15,16). The van der Waals surface area contributed by atoms with Crippen molar-refractivity contribution < 1.29 is 14.7 Å². The number of likely N-dealkylation sites (tertiary alicyclic amines) is 1. The molecule has 1 aliphatic heterocycles. The van der Waals surface area contributed by atoms with Crippen LogP contribution in [0.15, 0.2) is 0 Å². The maximum Gasteiger partial charge on any atom is 0.317 e. The Balaban J connectivity index is 1.41. The first-order chi connectivity index (χ1) is 8.11. The second-order valence-corrected chi connectivity index (χ2v) is 5.74. The number of carboxylic acids is 1. The van der Waals surface area contributed by atoms with Gasteiger partial charge in [-0.1, -0.05) is 0 Å². The number of carbonyl (C=O) groups is 2. The van der Waals surface area contributed by atoms with Crippen molar-refractivity contribution in [2.24, 2.45) is 17.3 Å². The van der Waals surface area contributed by atoms with Crippen molar-refractivity contribution in [1.29, 1.82) is 0 Å². The summed E-state index contributed by atoms with van der Waals surface area (Å²) in [4.78, 5) is 23.9. The summed E-state index contributed by atoms with van der Waals surface area (Å²) >= 11 is 0. The maximum absolute atomic E-state index is 11.7. The van der Waals surface area contributed by atoms with Gasteiger partial charge in [0.15, 0.2) is 0 Å². The van der Waals surface area contributed by atoms with Crippen LogP contribution in [0.5, 0.6) is 0 Å². The molecule has 0 unspecified atom stereocenters.